The molecule has 1 aliphatic carbocycles. The maximum absolute atomic E-state index is 12.9. The minimum Gasteiger partial charge on any atom is -0.444 e. The van der Waals surface area contributed by atoms with E-state index in [0.717, 1.165) is 32.1 Å². The highest BCUT2D eigenvalue weighted by atomic mass is 16.6. The molecule has 4 N–H and O–H groups in total. The van der Waals surface area contributed by atoms with Crippen LogP contribution in [0.5, 0.6) is 0 Å². The van der Waals surface area contributed by atoms with Crippen LogP contribution < -0.4 is 21.3 Å². The molecule has 32 heavy (non-hydrogen) atoms. The Morgan fingerprint density at radius 3 is 1.84 bits per heavy atom. The zero-order valence-electron chi connectivity index (χ0n) is 21.0. The summed E-state index contributed by atoms with van der Waals surface area (Å²) in [7, 11) is 1.53. The van der Waals surface area contributed by atoms with E-state index >= 15 is 0 Å². The lowest BCUT2D eigenvalue weighted by Crippen LogP contribution is -2.58. The van der Waals surface area contributed by atoms with Gasteiger partial charge in [0.1, 0.15) is 16.7 Å². The highest BCUT2D eigenvalue weighted by Gasteiger charge is 2.39. The lowest BCUT2D eigenvalue weighted by atomic mass is 9.71. The smallest absolute Gasteiger partial charge is 0.408 e. The quantitative estimate of drug-likeness (QED) is 0.448. The first-order valence-corrected chi connectivity index (χ1v) is 11.3. The maximum Gasteiger partial charge on any atom is 0.408 e. The van der Waals surface area contributed by atoms with Gasteiger partial charge in [0.2, 0.25) is 17.7 Å². The number of hydrogen-bond acceptors (Lipinski definition) is 5. The zero-order valence-corrected chi connectivity index (χ0v) is 21.0. The summed E-state index contributed by atoms with van der Waals surface area (Å²) >= 11 is 0. The molecule has 0 spiro atoms. The molecule has 4 amide bonds. The molecule has 0 aromatic rings. The van der Waals surface area contributed by atoms with Crippen LogP contribution in [0.1, 0.15) is 87.0 Å². The van der Waals surface area contributed by atoms with Gasteiger partial charge < -0.3 is 26.0 Å². The van der Waals surface area contributed by atoms with Gasteiger partial charge in [0.05, 0.1) is 0 Å². The second kappa shape index (κ2) is 10.5. The summed E-state index contributed by atoms with van der Waals surface area (Å²) in [6.45, 7) is 12.1. The van der Waals surface area contributed by atoms with Crippen molar-refractivity contribution in [3.8, 4) is 0 Å². The predicted octanol–water partition coefficient (Wildman–Crippen LogP) is 2.39. The number of alkyl carbamates (subject to hydrolysis) is 1. The Labute approximate surface area is 192 Å². The van der Waals surface area contributed by atoms with Gasteiger partial charge in [-0.1, -0.05) is 19.3 Å². The van der Waals surface area contributed by atoms with Crippen LogP contribution >= 0.6 is 0 Å². The molecule has 0 unspecified atom stereocenters. The number of nitrogens with one attached hydrogen (secondary N) is 4. The molecule has 0 atom stereocenters. The van der Waals surface area contributed by atoms with Crippen molar-refractivity contribution in [1.29, 1.82) is 0 Å². The van der Waals surface area contributed by atoms with E-state index in [1.807, 2.05) is 0 Å². The molecule has 1 saturated carbocycles. The number of rotatable bonds is 8. The van der Waals surface area contributed by atoms with Crippen molar-refractivity contribution < 1.29 is 23.9 Å². The third kappa shape index (κ3) is 8.67. The van der Waals surface area contributed by atoms with Crippen molar-refractivity contribution in [3.63, 3.8) is 0 Å². The molecule has 1 rings (SSSR count). The Balaban J connectivity index is 2.80. The standard InChI is InChI=1S/C23H42N4O5/c1-20(2,3)32-19(31)27-22(6,7)18(30)25-15-23(12-10-9-11-13-23)14-16(28)26-21(4,5)17(29)24-8/h9-15H2,1-8H3,(H,24,29)(H,25,30)(H,26,28)(H,27,31). The molecule has 184 valence electrons. The van der Waals surface area contributed by atoms with Crippen molar-refractivity contribution in [2.75, 3.05) is 13.6 Å². The van der Waals surface area contributed by atoms with Crippen molar-refractivity contribution in [2.24, 2.45) is 5.41 Å². The predicted molar refractivity (Wildman–Crippen MR) is 123 cm³/mol. The number of carbonyl (C=O) groups excluding carboxylic acids is 4. The van der Waals surface area contributed by atoms with Crippen molar-refractivity contribution in [3.05, 3.63) is 0 Å². The van der Waals surface area contributed by atoms with Gasteiger partial charge in [-0.05, 0) is 66.7 Å². The average molecular weight is 455 g/mol. The van der Waals surface area contributed by atoms with Crippen molar-refractivity contribution in [1.82, 2.24) is 21.3 Å². The second-order valence-corrected chi connectivity index (χ2v) is 10.9. The number of likely N-dealkylation sites (N-methyl/N-ethyl adjacent to an activating group) is 1. The molecule has 0 radical (unpaired) electrons. The summed E-state index contributed by atoms with van der Waals surface area (Å²) in [5.74, 6) is -0.841. The molecule has 9 nitrogen and oxygen atoms in total. The normalized spacial score (nSPS) is 16.5. The highest BCUT2D eigenvalue weighted by Crippen LogP contribution is 2.39. The number of amides is 4. The molecule has 0 saturated heterocycles. The van der Waals surface area contributed by atoms with E-state index in [1.165, 1.54) is 7.05 Å². The molecule has 9 heteroatoms. The number of carbonyl (C=O) groups is 4. The van der Waals surface area contributed by atoms with E-state index < -0.39 is 28.2 Å². The molecule has 0 aromatic heterocycles. The van der Waals surface area contributed by atoms with E-state index in [-0.39, 0.29) is 24.1 Å². The van der Waals surface area contributed by atoms with Crippen LogP contribution in [0.2, 0.25) is 0 Å². The third-order valence-electron chi connectivity index (χ3n) is 5.70. The van der Waals surface area contributed by atoms with E-state index in [4.69, 9.17) is 4.74 Å². The van der Waals surface area contributed by atoms with Crippen LogP contribution in [0.4, 0.5) is 4.79 Å². The van der Waals surface area contributed by atoms with Gasteiger partial charge in [-0.25, -0.2) is 4.79 Å². The Morgan fingerprint density at radius 2 is 1.34 bits per heavy atom. The molecule has 1 fully saturated rings. The van der Waals surface area contributed by atoms with Gasteiger partial charge in [-0.2, -0.15) is 0 Å². The fraction of sp³-hybridized carbons (Fsp3) is 0.826. The van der Waals surface area contributed by atoms with Crippen molar-refractivity contribution >= 4 is 23.8 Å². The van der Waals surface area contributed by atoms with E-state index in [1.54, 1.807) is 48.5 Å². The number of hydrogen-bond donors (Lipinski definition) is 4. The van der Waals surface area contributed by atoms with Crippen LogP contribution in [-0.2, 0) is 19.1 Å². The Kier molecular flexibility index (Phi) is 9.12. The Bertz CT molecular complexity index is 704. The van der Waals surface area contributed by atoms with E-state index in [2.05, 4.69) is 21.3 Å². The van der Waals surface area contributed by atoms with Gasteiger partial charge in [-0.15, -0.1) is 0 Å². The first-order chi connectivity index (χ1) is 14.5. The van der Waals surface area contributed by atoms with Crippen molar-refractivity contribution in [2.45, 2.75) is 104 Å². The maximum atomic E-state index is 12.9. The molecule has 0 aliphatic heterocycles. The van der Waals surface area contributed by atoms with Gasteiger partial charge in [0, 0.05) is 20.0 Å². The lowest BCUT2D eigenvalue weighted by molar-refractivity contribution is -0.133. The fourth-order valence-corrected chi connectivity index (χ4v) is 3.92. The van der Waals surface area contributed by atoms with Crippen LogP contribution in [0.3, 0.4) is 0 Å². The minimum absolute atomic E-state index is 0.216. The molecular formula is C23H42N4O5. The first kappa shape index (κ1) is 27.7. The van der Waals surface area contributed by atoms with E-state index in [0.29, 0.717) is 6.54 Å². The summed E-state index contributed by atoms with van der Waals surface area (Å²) in [6.07, 6.45) is 4.20. The zero-order chi connectivity index (χ0) is 24.8. The van der Waals surface area contributed by atoms with Crippen LogP contribution in [-0.4, -0.2) is 54.1 Å². The monoisotopic (exact) mass is 454 g/mol. The third-order valence-corrected chi connectivity index (χ3v) is 5.70. The lowest BCUT2D eigenvalue weighted by Gasteiger charge is -2.39. The summed E-state index contributed by atoms with van der Waals surface area (Å²) in [5, 5.41) is 10.9. The van der Waals surface area contributed by atoms with Gasteiger partial charge in [-0.3, -0.25) is 14.4 Å². The largest absolute Gasteiger partial charge is 0.444 e. The Morgan fingerprint density at radius 1 is 0.812 bits per heavy atom. The summed E-state index contributed by atoms with van der Waals surface area (Å²) < 4.78 is 5.25. The van der Waals surface area contributed by atoms with Crippen LogP contribution in [0, 0.1) is 5.41 Å². The molecule has 1 aliphatic rings. The second-order valence-electron chi connectivity index (χ2n) is 10.9. The molecular weight excluding hydrogens is 412 g/mol. The van der Waals surface area contributed by atoms with Gasteiger partial charge in [0.15, 0.2) is 0 Å². The SMILES string of the molecule is CNC(=O)C(C)(C)NC(=O)CC1(CNC(=O)C(C)(C)NC(=O)OC(C)(C)C)CCCCC1. The summed E-state index contributed by atoms with van der Waals surface area (Å²) in [6, 6.07) is 0. The Hall–Kier alpha value is -2.32. The van der Waals surface area contributed by atoms with Gasteiger partial charge in [0.25, 0.3) is 0 Å². The van der Waals surface area contributed by atoms with Gasteiger partial charge >= 0.3 is 6.09 Å². The minimum atomic E-state index is -1.18. The summed E-state index contributed by atoms with van der Waals surface area (Å²) in [4.78, 5) is 49.8. The highest BCUT2D eigenvalue weighted by molar-refractivity contribution is 5.91. The average Bonchev–Trinajstić information content (AvgIpc) is 2.63. The molecule has 0 aromatic carbocycles. The van der Waals surface area contributed by atoms with Crippen LogP contribution in [0.25, 0.3) is 0 Å². The molecule has 0 bridgehead atoms. The first-order valence-electron chi connectivity index (χ1n) is 11.3. The number of ether oxygens (including phenoxy) is 1. The fourth-order valence-electron chi connectivity index (χ4n) is 3.92. The molecule has 0 heterocycles. The van der Waals surface area contributed by atoms with Crippen LogP contribution in [0.15, 0.2) is 0 Å². The topological polar surface area (TPSA) is 126 Å². The van der Waals surface area contributed by atoms with E-state index in [9.17, 15) is 19.2 Å². The summed E-state index contributed by atoms with van der Waals surface area (Å²) in [5.41, 5.74) is -3.26.